The van der Waals surface area contributed by atoms with E-state index in [1.807, 2.05) is 25.3 Å². The van der Waals surface area contributed by atoms with E-state index in [9.17, 15) is 4.79 Å². The Labute approximate surface area is 86.2 Å². The Morgan fingerprint density at radius 1 is 1.36 bits per heavy atom. The van der Waals surface area contributed by atoms with Crippen LogP contribution in [0.5, 0.6) is 0 Å². The lowest BCUT2D eigenvalue weighted by Gasteiger charge is -1.93. The summed E-state index contributed by atoms with van der Waals surface area (Å²) in [7, 11) is 0. The molecule has 0 aromatic carbocycles. The average molecular weight is 206 g/mol. The summed E-state index contributed by atoms with van der Waals surface area (Å²) in [5, 5.41) is 1.88. The zero-order valence-electron chi connectivity index (χ0n) is 8.03. The van der Waals surface area contributed by atoms with Gasteiger partial charge in [-0.05, 0) is 25.5 Å². The smallest absolute Gasteiger partial charge is 0.197 e. The molecule has 2 rings (SSSR count). The number of thiophene rings is 1. The van der Waals surface area contributed by atoms with Gasteiger partial charge < -0.3 is 4.42 Å². The number of carbonyl (C=O) groups excluding carboxylic acids is 1. The first-order valence-electron chi connectivity index (χ1n) is 4.31. The topological polar surface area (TPSA) is 30.2 Å². The number of rotatable bonds is 2. The highest BCUT2D eigenvalue weighted by molar-refractivity contribution is 7.10. The predicted molar refractivity (Wildman–Crippen MR) is 55.9 cm³/mol. The molecule has 0 saturated carbocycles. The van der Waals surface area contributed by atoms with Crippen LogP contribution in [0, 0.1) is 13.8 Å². The molecule has 0 aliphatic carbocycles. The number of hydrogen-bond acceptors (Lipinski definition) is 3. The van der Waals surface area contributed by atoms with E-state index in [2.05, 4.69) is 0 Å². The molecule has 2 heterocycles. The highest BCUT2D eigenvalue weighted by Crippen LogP contribution is 2.19. The summed E-state index contributed by atoms with van der Waals surface area (Å²) in [6.45, 7) is 3.86. The molecule has 3 heteroatoms. The van der Waals surface area contributed by atoms with Crippen molar-refractivity contribution in [3.63, 3.8) is 0 Å². The summed E-state index contributed by atoms with van der Waals surface area (Å²) in [5.41, 5.74) is 2.29. The van der Waals surface area contributed by atoms with Crippen LogP contribution < -0.4 is 0 Å². The second kappa shape index (κ2) is 3.42. The number of hydrogen-bond donors (Lipinski definition) is 0. The number of carbonyl (C=O) groups is 1. The van der Waals surface area contributed by atoms with Crippen molar-refractivity contribution in [3.05, 3.63) is 45.5 Å². The highest BCUT2D eigenvalue weighted by Gasteiger charge is 2.14. The number of aryl methyl sites for hydroxylation is 2. The third kappa shape index (κ3) is 1.51. The molecule has 0 spiro atoms. The van der Waals surface area contributed by atoms with Crippen molar-refractivity contribution < 1.29 is 9.21 Å². The highest BCUT2D eigenvalue weighted by atomic mass is 32.1. The van der Waals surface area contributed by atoms with Gasteiger partial charge in [0.15, 0.2) is 5.78 Å². The molecule has 0 bridgehead atoms. The van der Waals surface area contributed by atoms with Gasteiger partial charge in [0, 0.05) is 15.8 Å². The van der Waals surface area contributed by atoms with Crippen molar-refractivity contribution in [3.8, 4) is 0 Å². The van der Waals surface area contributed by atoms with Gasteiger partial charge in [0.05, 0.1) is 11.8 Å². The molecule has 0 fully saturated rings. The first-order chi connectivity index (χ1) is 6.68. The predicted octanol–water partition coefficient (Wildman–Crippen LogP) is 3.19. The van der Waals surface area contributed by atoms with Gasteiger partial charge in [-0.2, -0.15) is 0 Å². The summed E-state index contributed by atoms with van der Waals surface area (Å²) >= 11 is 1.58. The molecule has 0 aliphatic rings. The van der Waals surface area contributed by atoms with E-state index in [0.29, 0.717) is 5.56 Å². The molecule has 0 aliphatic heterocycles. The van der Waals surface area contributed by atoms with Gasteiger partial charge >= 0.3 is 0 Å². The van der Waals surface area contributed by atoms with Crippen LogP contribution in [0.15, 0.2) is 28.4 Å². The van der Waals surface area contributed by atoms with Crippen LogP contribution in [0.2, 0.25) is 0 Å². The molecule has 0 unspecified atom stereocenters. The van der Waals surface area contributed by atoms with Gasteiger partial charge in [0.2, 0.25) is 0 Å². The Bertz CT molecular complexity index is 465. The van der Waals surface area contributed by atoms with E-state index in [-0.39, 0.29) is 5.78 Å². The normalized spacial score (nSPS) is 10.4. The fraction of sp³-hybridized carbons (Fsp3) is 0.182. The number of ketones is 1. The lowest BCUT2D eigenvalue weighted by molar-refractivity contribution is 0.103. The van der Waals surface area contributed by atoms with Gasteiger partial charge in [0.25, 0.3) is 0 Å². The molecule has 14 heavy (non-hydrogen) atoms. The Morgan fingerprint density at radius 3 is 2.64 bits per heavy atom. The van der Waals surface area contributed by atoms with Crippen LogP contribution in [0.4, 0.5) is 0 Å². The van der Waals surface area contributed by atoms with Gasteiger partial charge in [-0.15, -0.1) is 11.3 Å². The third-order valence-electron chi connectivity index (χ3n) is 2.09. The van der Waals surface area contributed by atoms with Crippen molar-refractivity contribution in [2.75, 3.05) is 0 Å². The van der Waals surface area contributed by atoms with Crippen LogP contribution in [-0.4, -0.2) is 5.78 Å². The second-order valence-electron chi connectivity index (χ2n) is 3.24. The minimum absolute atomic E-state index is 0.0422. The van der Waals surface area contributed by atoms with Crippen LogP contribution >= 0.6 is 11.3 Å². The van der Waals surface area contributed by atoms with E-state index >= 15 is 0 Å². The van der Waals surface area contributed by atoms with Gasteiger partial charge in [-0.25, -0.2) is 0 Å². The van der Waals surface area contributed by atoms with Gasteiger partial charge in [-0.3, -0.25) is 4.79 Å². The van der Waals surface area contributed by atoms with Gasteiger partial charge in [0.1, 0.15) is 6.26 Å². The summed E-state index contributed by atoms with van der Waals surface area (Å²) in [6, 6.07) is 1.90. The molecular formula is C11H10O2S. The van der Waals surface area contributed by atoms with Crippen molar-refractivity contribution in [2.24, 2.45) is 0 Å². The first kappa shape index (κ1) is 9.21. The van der Waals surface area contributed by atoms with E-state index in [4.69, 9.17) is 4.42 Å². The molecule has 0 N–H and O–H groups in total. The minimum Gasteiger partial charge on any atom is -0.472 e. The first-order valence-corrected chi connectivity index (χ1v) is 5.19. The minimum atomic E-state index is 0.0422. The third-order valence-corrected chi connectivity index (χ3v) is 2.95. The maximum Gasteiger partial charge on any atom is 0.197 e. The molecular weight excluding hydrogens is 196 g/mol. The SMILES string of the molecule is Cc1cc(C(=O)c2cocc2C)cs1. The van der Waals surface area contributed by atoms with Crippen molar-refractivity contribution in [2.45, 2.75) is 13.8 Å². The molecule has 0 radical (unpaired) electrons. The Hall–Kier alpha value is -1.35. The molecule has 2 aromatic rings. The zero-order valence-corrected chi connectivity index (χ0v) is 8.85. The molecule has 0 saturated heterocycles. The van der Waals surface area contributed by atoms with E-state index in [0.717, 1.165) is 16.0 Å². The molecule has 0 atom stereocenters. The largest absolute Gasteiger partial charge is 0.472 e. The maximum absolute atomic E-state index is 11.9. The standard InChI is InChI=1S/C11H10O2S/c1-7-4-13-5-10(7)11(12)9-3-8(2)14-6-9/h3-6H,1-2H3. The maximum atomic E-state index is 11.9. The summed E-state index contributed by atoms with van der Waals surface area (Å²) in [4.78, 5) is 13.0. The molecule has 72 valence electrons. The average Bonchev–Trinajstić information content (AvgIpc) is 2.73. The number of furan rings is 1. The Balaban J connectivity index is 2.38. The van der Waals surface area contributed by atoms with E-state index in [1.165, 1.54) is 6.26 Å². The van der Waals surface area contributed by atoms with Crippen LogP contribution in [0.1, 0.15) is 26.4 Å². The molecule has 0 amide bonds. The van der Waals surface area contributed by atoms with Gasteiger partial charge in [-0.1, -0.05) is 0 Å². The Morgan fingerprint density at radius 2 is 2.14 bits per heavy atom. The molecule has 2 nitrogen and oxygen atoms in total. The fourth-order valence-electron chi connectivity index (χ4n) is 1.31. The lowest BCUT2D eigenvalue weighted by atomic mass is 10.1. The van der Waals surface area contributed by atoms with E-state index < -0.39 is 0 Å². The lowest BCUT2D eigenvalue weighted by Crippen LogP contribution is -1.99. The Kier molecular flexibility index (Phi) is 2.25. The van der Waals surface area contributed by atoms with Crippen LogP contribution in [0.3, 0.4) is 0 Å². The quantitative estimate of drug-likeness (QED) is 0.706. The van der Waals surface area contributed by atoms with Crippen LogP contribution in [0.25, 0.3) is 0 Å². The van der Waals surface area contributed by atoms with E-state index in [1.54, 1.807) is 17.6 Å². The van der Waals surface area contributed by atoms with Crippen LogP contribution in [-0.2, 0) is 0 Å². The molecule has 2 aromatic heterocycles. The van der Waals surface area contributed by atoms with Crippen molar-refractivity contribution >= 4 is 17.1 Å². The monoisotopic (exact) mass is 206 g/mol. The summed E-state index contributed by atoms with van der Waals surface area (Å²) < 4.78 is 4.98. The summed E-state index contributed by atoms with van der Waals surface area (Å²) in [5.74, 6) is 0.0422. The second-order valence-corrected chi connectivity index (χ2v) is 4.36. The fourth-order valence-corrected chi connectivity index (χ4v) is 1.99. The van der Waals surface area contributed by atoms with Crippen molar-refractivity contribution in [1.82, 2.24) is 0 Å². The van der Waals surface area contributed by atoms with Crippen molar-refractivity contribution in [1.29, 1.82) is 0 Å². The zero-order chi connectivity index (χ0) is 10.1. The summed E-state index contributed by atoms with van der Waals surface area (Å²) in [6.07, 6.45) is 3.09.